The summed E-state index contributed by atoms with van der Waals surface area (Å²) in [5.74, 6) is -0.145. The minimum Gasteiger partial charge on any atom is -0.322 e. The molecule has 1 N–H and O–H groups in total. The molecule has 5 heteroatoms. The molecule has 0 spiro atoms. The molecule has 2 aromatic carbocycles. The van der Waals surface area contributed by atoms with Crippen LogP contribution in [0.15, 0.2) is 40.9 Å². The Kier molecular flexibility index (Phi) is 5.46. The summed E-state index contributed by atoms with van der Waals surface area (Å²) in [6.07, 6.45) is 0.849. The third-order valence-electron chi connectivity index (χ3n) is 2.87. The molecule has 2 nitrogen and oxygen atoms in total. The minimum atomic E-state index is -0.145. The van der Waals surface area contributed by atoms with E-state index >= 15 is 0 Å². The zero-order valence-corrected chi connectivity index (χ0v) is 15.2. The normalized spacial score (nSPS) is 10.4. The largest absolute Gasteiger partial charge is 0.322 e. The van der Waals surface area contributed by atoms with Crippen LogP contribution >= 0.6 is 50.1 Å². The summed E-state index contributed by atoms with van der Waals surface area (Å²) < 4.78 is 1.88. The molecule has 0 saturated heterocycles. The Morgan fingerprint density at radius 2 is 2.05 bits per heavy atom. The third-order valence-corrected chi connectivity index (χ3v) is 4.54. The van der Waals surface area contributed by atoms with Crippen LogP contribution in [0, 0.1) is 3.57 Å². The highest BCUT2D eigenvalue weighted by atomic mass is 127. The molecule has 0 aliphatic rings. The Balaban J connectivity index is 2.30. The van der Waals surface area contributed by atoms with Crippen LogP contribution in [-0.4, -0.2) is 5.91 Å². The number of aryl methyl sites for hydroxylation is 1. The van der Waals surface area contributed by atoms with Crippen molar-refractivity contribution < 1.29 is 4.79 Å². The molecule has 2 rings (SSSR count). The van der Waals surface area contributed by atoms with Gasteiger partial charge < -0.3 is 5.32 Å². The van der Waals surface area contributed by atoms with Gasteiger partial charge in [0.2, 0.25) is 0 Å². The standard InChI is InChI=1S/C15H12BrClINO/c1-2-9-7-10(16)3-6-14(9)19-15(20)12-8-11(17)4-5-13(12)18/h3-8H,2H2,1H3,(H,19,20). The molecule has 20 heavy (non-hydrogen) atoms. The van der Waals surface area contributed by atoms with Crippen molar-refractivity contribution in [2.45, 2.75) is 13.3 Å². The molecule has 0 bridgehead atoms. The third kappa shape index (κ3) is 3.74. The van der Waals surface area contributed by atoms with E-state index in [1.807, 2.05) is 24.3 Å². The van der Waals surface area contributed by atoms with Gasteiger partial charge in [-0.15, -0.1) is 0 Å². The monoisotopic (exact) mass is 463 g/mol. The van der Waals surface area contributed by atoms with Gasteiger partial charge in [-0.2, -0.15) is 0 Å². The van der Waals surface area contributed by atoms with Gasteiger partial charge in [0.1, 0.15) is 0 Å². The van der Waals surface area contributed by atoms with Gasteiger partial charge in [0.15, 0.2) is 0 Å². The number of nitrogens with one attached hydrogen (secondary N) is 1. The second-order valence-corrected chi connectivity index (χ2v) is 6.75. The molecule has 0 radical (unpaired) electrons. The van der Waals surface area contributed by atoms with Crippen molar-refractivity contribution in [2.75, 3.05) is 5.32 Å². The van der Waals surface area contributed by atoms with Crippen molar-refractivity contribution in [3.05, 3.63) is 60.6 Å². The number of amides is 1. The van der Waals surface area contributed by atoms with Crippen molar-refractivity contribution in [2.24, 2.45) is 0 Å². The zero-order chi connectivity index (χ0) is 14.7. The lowest BCUT2D eigenvalue weighted by Gasteiger charge is -2.11. The maximum absolute atomic E-state index is 12.4. The Hall–Kier alpha value is -0.590. The van der Waals surface area contributed by atoms with E-state index < -0.39 is 0 Å². The first kappa shape index (κ1) is 15.8. The Morgan fingerprint density at radius 3 is 2.75 bits per heavy atom. The van der Waals surface area contributed by atoms with Crippen LogP contribution in [0.5, 0.6) is 0 Å². The molecule has 0 fully saturated rings. The molecule has 0 aromatic heterocycles. The highest BCUT2D eigenvalue weighted by molar-refractivity contribution is 14.1. The summed E-state index contributed by atoms with van der Waals surface area (Å²) in [4.78, 5) is 12.4. The van der Waals surface area contributed by atoms with Crippen LogP contribution in [0.3, 0.4) is 0 Å². The number of carbonyl (C=O) groups excluding carboxylic acids is 1. The van der Waals surface area contributed by atoms with Gasteiger partial charge >= 0.3 is 0 Å². The summed E-state index contributed by atoms with van der Waals surface area (Å²) in [5, 5.41) is 3.51. The number of hydrogen-bond acceptors (Lipinski definition) is 1. The minimum absolute atomic E-state index is 0.145. The van der Waals surface area contributed by atoms with E-state index in [1.54, 1.807) is 12.1 Å². The lowest BCUT2D eigenvalue weighted by Crippen LogP contribution is -2.14. The van der Waals surface area contributed by atoms with E-state index in [0.717, 1.165) is 25.7 Å². The van der Waals surface area contributed by atoms with Crippen LogP contribution < -0.4 is 5.32 Å². The molecule has 0 heterocycles. The van der Waals surface area contributed by atoms with Gasteiger partial charge in [-0.25, -0.2) is 0 Å². The average molecular weight is 465 g/mol. The molecular weight excluding hydrogens is 452 g/mol. The molecular formula is C15H12BrClINO. The van der Waals surface area contributed by atoms with Gasteiger partial charge in [0, 0.05) is 18.8 Å². The lowest BCUT2D eigenvalue weighted by molar-refractivity contribution is 0.102. The Bertz CT molecular complexity index is 660. The predicted octanol–water partition coefficient (Wildman–Crippen LogP) is 5.52. The maximum Gasteiger partial charge on any atom is 0.256 e. The van der Waals surface area contributed by atoms with Crippen molar-refractivity contribution in [3.63, 3.8) is 0 Å². The number of hydrogen-bond donors (Lipinski definition) is 1. The number of rotatable bonds is 3. The summed E-state index contributed by atoms with van der Waals surface area (Å²) >= 11 is 11.5. The molecule has 0 atom stereocenters. The SMILES string of the molecule is CCc1cc(Br)ccc1NC(=O)c1cc(Cl)ccc1I. The quantitative estimate of drug-likeness (QED) is 0.596. The molecule has 0 aliphatic heterocycles. The zero-order valence-electron chi connectivity index (χ0n) is 10.7. The van der Waals surface area contributed by atoms with Crippen LogP contribution in [0.25, 0.3) is 0 Å². The molecule has 2 aromatic rings. The number of carbonyl (C=O) groups is 1. The highest BCUT2D eigenvalue weighted by Gasteiger charge is 2.12. The van der Waals surface area contributed by atoms with Crippen molar-refractivity contribution >= 4 is 61.7 Å². The van der Waals surface area contributed by atoms with Crippen LogP contribution in [-0.2, 0) is 6.42 Å². The van der Waals surface area contributed by atoms with E-state index in [-0.39, 0.29) is 5.91 Å². The summed E-state index contributed by atoms with van der Waals surface area (Å²) in [6, 6.07) is 11.1. The number of halogens is 3. The average Bonchev–Trinajstić information content (AvgIpc) is 2.43. The topological polar surface area (TPSA) is 29.1 Å². The fourth-order valence-corrected chi connectivity index (χ4v) is 3.00. The number of benzene rings is 2. The van der Waals surface area contributed by atoms with E-state index in [2.05, 4.69) is 50.8 Å². The van der Waals surface area contributed by atoms with Crippen molar-refractivity contribution in [1.29, 1.82) is 0 Å². The van der Waals surface area contributed by atoms with Crippen molar-refractivity contribution in [1.82, 2.24) is 0 Å². The molecule has 1 amide bonds. The molecule has 0 aliphatic carbocycles. The lowest BCUT2D eigenvalue weighted by atomic mass is 10.1. The molecule has 104 valence electrons. The first-order valence-electron chi connectivity index (χ1n) is 6.06. The van der Waals surface area contributed by atoms with Crippen molar-refractivity contribution in [3.8, 4) is 0 Å². The summed E-state index contributed by atoms with van der Waals surface area (Å²) in [6.45, 7) is 2.06. The van der Waals surface area contributed by atoms with E-state index in [9.17, 15) is 4.79 Å². The Labute approximate surface area is 145 Å². The van der Waals surface area contributed by atoms with Gasteiger partial charge in [0.25, 0.3) is 5.91 Å². The summed E-state index contributed by atoms with van der Waals surface area (Å²) in [5.41, 5.74) is 2.50. The molecule has 0 saturated carbocycles. The van der Waals surface area contributed by atoms with E-state index in [4.69, 9.17) is 11.6 Å². The number of anilines is 1. The fraction of sp³-hybridized carbons (Fsp3) is 0.133. The summed E-state index contributed by atoms with van der Waals surface area (Å²) in [7, 11) is 0. The van der Waals surface area contributed by atoms with Crippen LogP contribution in [0.2, 0.25) is 5.02 Å². The van der Waals surface area contributed by atoms with E-state index in [0.29, 0.717) is 10.6 Å². The Morgan fingerprint density at radius 1 is 1.30 bits per heavy atom. The first-order chi connectivity index (χ1) is 9.51. The molecule has 0 unspecified atom stereocenters. The van der Waals surface area contributed by atoms with Crippen LogP contribution in [0.4, 0.5) is 5.69 Å². The van der Waals surface area contributed by atoms with Gasteiger partial charge in [0.05, 0.1) is 5.56 Å². The second-order valence-electron chi connectivity index (χ2n) is 4.23. The fourth-order valence-electron chi connectivity index (χ4n) is 1.84. The van der Waals surface area contributed by atoms with E-state index in [1.165, 1.54) is 0 Å². The van der Waals surface area contributed by atoms with Crippen LogP contribution in [0.1, 0.15) is 22.8 Å². The predicted molar refractivity (Wildman–Crippen MR) is 95.6 cm³/mol. The second kappa shape index (κ2) is 6.91. The first-order valence-corrected chi connectivity index (χ1v) is 8.31. The van der Waals surface area contributed by atoms with Gasteiger partial charge in [-0.05, 0) is 71.0 Å². The van der Waals surface area contributed by atoms with Gasteiger partial charge in [-0.1, -0.05) is 34.5 Å². The van der Waals surface area contributed by atoms with Gasteiger partial charge in [-0.3, -0.25) is 4.79 Å². The highest BCUT2D eigenvalue weighted by Crippen LogP contribution is 2.24. The smallest absolute Gasteiger partial charge is 0.256 e. The maximum atomic E-state index is 12.4.